The monoisotopic (exact) mass is 221 g/mol. The molecule has 0 aromatic carbocycles. The number of carbonyl (C=O) groups excluding carboxylic acids is 1. The van der Waals surface area contributed by atoms with Gasteiger partial charge in [0, 0.05) is 17.8 Å². The van der Waals surface area contributed by atoms with Crippen LogP contribution in [-0.2, 0) is 0 Å². The van der Waals surface area contributed by atoms with Crippen LogP contribution in [0.2, 0.25) is 0 Å². The number of amides is 1. The lowest BCUT2D eigenvalue weighted by Gasteiger charge is -2.08. The quantitative estimate of drug-likeness (QED) is 0.813. The van der Waals surface area contributed by atoms with E-state index in [1.165, 1.54) is 0 Å². The number of hydrogen-bond acceptors (Lipinski definition) is 3. The summed E-state index contributed by atoms with van der Waals surface area (Å²) in [5.74, 6) is 0.886. The van der Waals surface area contributed by atoms with E-state index in [1.807, 2.05) is 6.92 Å². The van der Waals surface area contributed by atoms with Crippen molar-refractivity contribution in [2.75, 3.05) is 12.3 Å². The Hall–Kier alpha value is -1.58. The van der Waals surface area contributed by atoms with Gasteiger partial charge in [0.05, 0.1) is 0 Å². The fourth-order valence-electron chi connectivity index (χ4n) is 1.40. The first-order chi connectivity index (χ1) is 7.49. The Morgan fingerprint density at radius 3 is 2.75 bits per heavy atom. The lowest BCUT2D eigenvalue weighted by atomic mass is 10.1. The number of aryl methyl sites for hydroxylation is 1. The molecule has 1 aromatic rings. The van der Waals surface area contributed by atoms with Gasteiger partial charge in [0.25, 0.3) is 5.91 Å². The van der Waals surface area contributed by atoms with Gasteiger partial charge in [-0.25, -0.2) is 4.98 Å². The lowest BCUT2D eigenvalue weighted by Crippen LogP contribution is -2.25. The zero-order valence-corrected chi connectivity index (χ0v) is 10.1. The second-order valence-electron chi connectivity index (χ2n) is 4.36. The maximum Gasteiger partial charge on any atom is 0.251 e. The van der Waals surface area contributed by atoms with Crippen LogP contribution >= 0.6 is 0 Å². The number of aromatic nitrogens is 1. The molecule has 88 valence electrons. The van der Waals surface area contributed by atoms with Crippen LogP contribution in [0.1, 0.15) is 36.3 Å². The first-order valence-electron chi connectivity index (χ1n) is 5.51. The molecule has 1 heterocycles. The first-order valence-corrected chi connectivity index (χ1v) is 5.51. The maximum atomic E-state index is 11.7. The lowest BCUT2D eigenvalue weighted by molar-refractivity contribution is 0.0952. The molecule has 0 radical (unpaired) electrons. The zero-order chi connectivity index (χ0) is 12.1. The van der Waals surface area contributed by atoms with Crippen molar-refractivity contribution in [3.63, 3.8) is 0 Å². The molecule has 0 aliphatic heterocycles. The Kier molecular flexibility index (Phi) is 4.28. The van der Waals surface area contributed by atoms with Gasteiger partial charge in [-0.3, -0.25) is 4.79 Å². The third kappa shape index (κ3) is 3.88. The molecule has 0 saturated carbocycles. The van der Waals surface area contributed by atoms with Crippen LogP contribution in [0.15, 0.2) is 12.1 Å². The number of hydrogen-bond donors (Lipinski definition) is 2. The standard InChI is InChI=1S/C12H19N3O/c1-8(2)4-5-14-12(16)10-6-9(3)15-11(13)7-10/h6-8H,4-5H2,1-3H3,(H2,13,15)(H,14,16). The van der Waals surface area contributed by atoms with Gasteiger partial charge < -0.3 is 11.1 Å². The summed E-state index contributed by atoms with van der Waals surface area (Å²) in [6.45, 7) is 6.76. The summed E-state index contributed by atoms with van der Waals surface area (Å²) in [6, 6.07) is 3.33. The molecule has 0 unspecified atom stereocenters. The van der Waals surface area contributed by atoms with Crippen molar-refractivity contribution >= 4 is 11.7 Å². The van der Waals surface area contributed by atoms with Crippen LogP contribution in [0, 0.1) is 12.8 Å². The van der Waals surface area contributed by atoms with Gasteiger partial charge in [0.15, 0.2) is 0 Å². The molecule has 1 rings (SSSR count). The normalized spacial score (nSPS) is 10.5. The molecule has 0 aliphatic carbocycles. The van der Waals surface area contributed by atoms with E-state index >= 15 is 0 Å². The number of anilines is 1. The topological polar surface area (TPSA) is 68.0 Å². The van der Waals surface area contributed by atoms with Gasteiger partial charge in [0.1, 0.15) is 5.82 Å². The SMILES string of the molecule is Cc1cc(C(=O)NCCC(C)C)cc(N)n1. The van der Waals surface area contributed by atoms with Crippen LogP contribution in [0.25, 0.3) is 0 Å². The third-order valence-electron chi connectivity index (χ3n) is 2.24. The van der Waals surface area contributed by atoms with Gasteiger partial charge in [0.2, 0.25) is 0 Å². The van der Waals surface area contributed by atoms with Gasteiger partial charge >= 0.3 is 0 Å². The summed E-state index contributed by atoms with van der Waals surface area (Å²) in [5, 5.41) is 2.86. The van der Waals surface area contributed by atoms with Crippen molar-refractivity contribution in [3.05, 3.63) is 23.4 Å². The molecular weight excluding hydrogens is 202 g/mol. The molecule has 3 N–H and O–H groups in total. The van der Waals surface area contributed by atoms with Gasteiger partial charge in [-0.2, -0.15) is 0 Å². The first kappa shape index (κ1) is 12.5. The average molecular weight is 221 g/mol. The summed E-state index contributed by atoms with van der Waals surface area (Å²) >= 11 is 0. The highest BCUT2D eigenvalue weighted by Crippen LogP contribution is 2.07. The number of nitrogens with one attached hydrogen (secondary N) is 1. The molecule has 4 heteroatoms. The summed E-state index contributed by atoms with van der Waals surface area (Å²) in [7, 11) is 0. The molecule has 0 saturated heterocycles. The van der Waals surface area contributed by atoms with E-state index in [1.54, 1.807) is 12.1 Å². The third-order valence-corrected chi connectivity index (χ3v) is 2.24. The van der Waals surface area contributed by atoms with E-state index in [0.717, 1.165) is 12.1 Å². The van der Waals surface area contributed by atoms with Crippen molar-refractivity contribution in [2.24, 2.45) is 5.92 Å². The highest BCUT2D eigenvalue weighted by atomic mass is 16.1. The van der Waals surface area contributed by atoms with Crippen molar-refractivity contribution in [1.29, 1.82) is 0 Å². The molecule has 0 spiro atoms. The average Bonchev–Trinajstić information content (AvgIpc) is 2.15. The maximum absolute atomic E-state index is 11.7. The number of nitrogens with two attached hydrogens (primary N) is 1. The summed E-state index contributed by atoms with van der Waals surface area (Å²) in [5.41, 5.74) is 6.92. The van der Waals surface area contributed by atoms with Crippen molar-refractivity contribution < 1.29 is 4.79 Å². The fraction of sp³-hybridized carbons (Fsp3) is 0.500. The van der Waals surface area contributed by atoms with Crippen molar-refractivity contribution in [2.45, 2.75) is 27.2 Å². The van der Waals surface area contributed by atoms with E-state index in [4.69, 9.17) is 5.73 Å². The van der Waals surface area contributed by atoms with E-state index in [2.05, 4.69) is 24.1 Å². The predicted molar refractivity (Wildman–Crippen MR) is 65.2 cm³/mol. The minimum atomic E-state index is -0.0853. The smallest absolute Gasteiger partial charge is 0.251 e. The Bertz CT molecular complexity index is 354. The highest BCUT2D eigenvalue weighted by Gasteiger charge is 2.07. The molecule has 1 amide bonds. The van der Waals surface area contributed by atoms with E-state index < -0.39 is 0 Å². The molecule has 4 nitrogen and oxygen atoms in total. The summed E-state index contributed by atoms with van der Waals surface area (Å²) in [6.07, 6.45) is 0.977. The Morgan fingerprint density at radius 1 is 1.50 bits per heavy atom. The van der Waals surface area contributed by atoms with Crippen LogP contribution in [0.5, 0.6) is 0 Å². The summed E-state index contributed by atoms with van der Waals surface area (Å²) in [4.78, 5) is 15.8. The van der Waals surface area contributed by atoms with Gasteiger partial charge in [-0.05, 0) is 31.4 Å². The molecule has 0 bridgehead atoms. The van der Waals surface area contributed by atoms with Crippen LogP contribution in [0.3, 0.4) is 0 Å². The Balaban J connectivity index is 2.59. The van der Waals surface area contributed by atoms with Crippen molar-refractivity contribution in [1.82, 2.24) is 10.3 Å². The number of carbonyl (C=O) groups is 1. The number of rotatable bonds is 4. The van der Waals surface area contributed by atoms with Crippen molar-refractivity contribution in [3.8, 4) is 0 Å². The van der Waals surface area contributed by atoms with Crippen LogP contribution in [0.4, 0.5) is 5.82 Å². The number of pyridine rings is 1. The van der Waals surface area contributed by atoms with Gasteiger partial charge in [-0.1, -0.05) is 13.8 Å². The van der Waals surface area contributed by atoms with Gasteiger partial charge in [-0.15, -0.1) is 0 Å². The second kappa shape index (κ2) is 5.49. The molecule has 0 atom stereocenters. The largest absolute Gasteiger partial charge is 0.384 e. The minimum Gasteiger partial charge on any atom is -0.384 e. The molecule has 16 heavy (non-hydrogen) atoms. The van der Waals surface area contributed by atoms with Crippen LogP contribution in [-0.4, -0.2) is 17.4 Å². The summed E-state index contributed by atoms with van der Waals surface area (Å²) < 4.78 is 0. The molecule has 1 aromatic heterocycles. The second-order valence-corrected chi connectivity index (χ2v) is 4.36. The minimum absolute atomic E-state index is 0.0853. The molecular formula is C12H19N3O. The Labute approximate surface area is 96.3 Å². The Morgan fingerprint density at radius 2 is 2.19 bits per heavy atom. The van der Waals surface area contributed by atoms with Crippen LogP contribution < -0.4 is 11.1 Å². The highest BCUT2D eigenvalue weighted by molar-refractivity contribution is 5.94. The number of nitrogens with zero attached hydrogens (tertiary/aromatic N) is 1. The number of nitrogen functional groups attached to an aromatic ring is 1. The van der Waals surface area contributed by atoms with E-state index in [9.17, 15) is 4.79 Å². The molecule has 0 fully saturated rings. The fourth-order valence-corrected chi connectivity index (χ4v) is 1.40. The van der Waals surface area contributed by atoms with E-state index in [0.29, 0.717) is 23.8 Å². The zero-order valence-electron chi connectivity index (χ0n) is 10.1. The van der Waals surface area contributed by atoms with E-state index in [-0.39, 0.29) is 5.91 Å². The predicted octanol–water partition coefficient (Wildman–Crippen LogP) is 1.75. The molecule has 0 aliphatic rings.